The summed E-state index contributed by atoms with van der Waals surface area (Å²) in [4.78, 5) is 23.9. The zero-order valence-electron chi connectivity index (χ0n) is 10.3. The zero-order chi connectivity index (χ0) is 14.3. The lowest BCUT2D eigenvalue weighted by molar-refractivity contribution is -0.115. The van der Waals surface area contributed by atoms with Crippen molar-refractivity contribution in [2.75, 3.05) is 5.32 Å². The van der Waals surface area contributed by atoms with E-state index in [1.165, 1.54) is 12.2 Å². The molecule has 0 saturated carbocycles. The Bertz CT molecular complexity index is 669. The van der Waals surface area contributed by atoms with Gasteiger partial charge < -0.3 is 5.32 Å². The average molecular weight is 290 g/mol. The third-order valence-corrected chi connectivity index (χ3v) is 3.68. The molecule has 2 N–H and O–H groups in total. The van der Waals surface area contributed by atoms with Gasteiger partial charge in [-0.2, -0.15) is 0 Å². The normalized spacial score (nSPS) is 23.8. The number of para-hydroxylation sites is 1. The number of carbonyl (C=O) groups excluding carboxylic acids is 2. The maximum absolute atomic E-state index is 13.9. The first-order valence-electron chi connectivity index (χ1n) is 6.05. The Balaban J connectivity index is 2.03. The molecule has 3 rings (SSSR count). The van der Waals surface area contributed by atoms with Crippen LogP contribution in [0.4, 0.5) is 10.1 Å². The molecule has 1 aliphatic carbocycles. The smallest absolute Gasteiger partial charge is 0.263 e. The number of ketones is 1. The molecular formula is C14H11FN2O2S. The molecule has 1 aromatic rings. The maximum Gasteiger partial charge on any atom is 0.263 e. The Morgan fingerprint density at radius 3 is 2.80 bits per heavy atom. The number of benzene rings is 1. The summed E-state index contributed by atoms with van der Waals surface area (Å²) in [6.07, 6.45) is 2.62. The second kappa shape index (κ2) is 4.79. The topological polar surface area (TPSA) is 58.2 Å². The highest BCUT2D eigenvalue weighted by Crippen LogP contribution is 2.35. The molecule has 1 amide bonds. The van der Waals surface area contributed by atoms with E-state index in [0.29, 0.717) is 11.3 Å². The monoisotopic (exact) mass is 290 g/mol. The number of hydrogen-bond acceptors (Lipinski definition) is 4. The molecule has 0 saturated heterocycles. The second-order valence-electron chi connectivity index (χ2n) is 4.64. The van der Waals surface area contributed by atoms with Crippen molar-refractivity contribution < 1.29 is 14.0 Å². The van der Waals surface area contributed by atoms with Gasteiger partial charge >= 0.3 is 0 Å². The number of nitrogens with one attached hydrogen (secondary N) is 2. The highest BCUT2D eigenvalue weighted by Gasteiger charge is 2.37. The molecular weight excluding hydrogens is 279 g/mol. The molecule has 1 aromatic carbocycles. The van der Waals surface area contributed by atoms with E-state index in [4.69, 9.17) is 0 Å². The number of fused-ring (bicyclic) bond motifs is 2. The van der Waals surface area contributed by atoms with Crippen molar-refractivity contribution in [1.82, 2.24) is 4.72 Å². The van der Waals surface area contributed by atoms with E-state index in [1.54, 1.807) is 18.2 Å². The van der Waals surface area contributed by atoms with Gasteiger partial charge in [0.25, 0.3) is 5.91 Å². The number of carbonyl (C=O) groups is 2. The maximum atomic E-state index is 13.9. The summed E-state index contributed by atoms with van der Waals surface area (Å²) >= 11 is 3.63. The van der Waals surface area contributed by atoms with Crippen LogP contribution in [0, 0.1) is 5.92 Å². The van der Waals surface area contributed by atoms with Gasteiger partial charge in [0, 0.05) is 11.3 Å². The molecule has 0 spiro atoms. The first-order chi connectivity index (χ1) is 9.61. The molecule has 1 aliphatic heterocycles. The number of Topliss-reactive ketones (excluding diaryl/α,β-unsaturated/α-hetero) is 1. The molecule has 102 valence electrons. The summed E-state index contributed by atoms with van der Waals surface area (Å²) in [5.74, 6) is -2.12. The van der Waals surface area contributed by atoms with Crippen molar-refractivity contribution in [3.8, 4) is 0 Å². The van der Waals surface area contributed by atoms with Gasteiger partial charge in [-0.1, -0.05) is 24.9 Å². The second-order valence-corrected chi connectivity index (χ2v) is 4.87. The van der Waals surface area contributed by atoms with Crippen LogP contribution in [-0.4, -0.2) is 17.7 Å². The highest BCUT2D eigenvalue weighted by atomic mass is 32.1. The summed E-state index contributed by atoms with van der Waals surface area (Å²) in [6.45, 7) is 0. The van der Waals surface area contributed by atoms with Gasteiger partial charge in [0.1, 0.15) is 5.83 Å². The number of amides is 1. The molecule has 0 aromatic heterocycles. The Hall–Kier alpha value is -2.08. The number of hydrogen-bond donors (Lipinski definition) is 3. The van der Waals surface area contributed by atoms with Crippen molar-refractivity contribution in [1.29, 1.82) is 0 Å². The number of anilines is 1. The van der Waals surface area contributed by atoms with Crippen LogP contribution < -0.4 is 10.0 Å². The van der Waals surface area contributed by atoms with Gasteiger partial charge in [-0.15, -0.1) is 0 Å². The minimum atomic E-state index is -0.702. The first kappa shape index (κ1) is 12.9. The highest BCUT2D eigenvalue weighted by molar-refractivity contribution is 7.78. The van der Waals surface area contributed by atoms with Crippen molar-refractivity contribution in [2.24, 2.45) is 5.92 Å². The van der Waals surface area contributed by atoms with E-state index < -0.39 is 23.7 Å². The molecule has 20 heavy (non-hydrogen) atoms. The fraction of sp³-hybridized carbons (Fsp3) is 0.143. The van der Waals surface area contributed by atoms with Crippen LogP contribution >= 0.6 is 12.8 Å². The van der Waals surface area contributed by atoms with Crippen LogP contribution in [-0.2, 0) is 4.79 Å². The molecule has 6 heteroatoms. The predicted molar refractivity (Wildman–Crippen MR) is 76.1 cm³/mol. The van der Waals surface area contributed by atoms with Gasteiger partial charge in [-0.05, 0) is 24.3 Å². The van der Waals surface area contributed by atoms with E-state index in [1.807, 2.05) is 6.07 Å². The Kier molecular flexibility index (Phi) is 3.10. The molecule has 2 unspecified atom stereocenters. The Morgan fingerprint density at radius 1 is 1.30 bits per heavy atom. The molecule has 2 atom stereocenters. The Labute approximate surface area is 120 Å². The van der Waals surface area contributed by atoms with Crippen LogP contribution in [0.25, 0.3) is 0 Å². The largest absolute Gasteiger partial charge is 0.377 e. The first-order valence-corrected chi connectivity index (χ1v) is 6.50. The minimum Gasteiger partial charge on any atom is -0.377 e. The molecule has 1 heterocycles. The van der Waals surface area contributed by atoms with E-state index in [9.17, 15) is 14.0 Å². The lowest BCUT2D eigenvalue weighted by atomic mass is 9.81. The van der Waals surface area contributed by atoms with E-state index in [2.05, 4.69) is 22.9 Å². The average Bonchev–Trinajstić information content (AvgIpc) is 2.47. The van der Waals surface area contributed by atoms with Crippen molar-refractivity contribution >= 4 is 30.2 Å². The fourth-order valence-corrected chi connectivity index (χ4v) is 2.63. The van der Waals surface area contributed by atoms with Gasteiger partial charge in [0.15, 0.2) is 5.78 Å². The summed E-state index contributed by atoms with van der Waals surface area (Å²) < 4.78 is 16.0. The number of halogens is 1. The summed E-state index contributed by atoms with van der Waals surface area (Å²) in [7, 11) is 0. The lowest BCUT2D eigenvalue weighted by Gasteiger charge is -2.32. The number of rotatable bonds is 1. The molecule has 0 bridgehead atoms. The van der Waals surface area contributed by atoms with E-state index >= 15 is 0 Å². The predicted octanol–water partition coefficient (Wildman–Crippen LogP) is 2.03. The third kappa shape index (κ3) is 1.92. The summed E-state index contributed by atoms with van der Waals surface area (Å²) in [5.41, 5.74) is 1.12. The van der Waals surface area contributed by atoms with Crippen LogP contribution in [0.2, 0.25) is 0 Å². The van der Waals surface area contributed by atoms with E-state index in [0.717, 1.165) is 0 Å². The van der Waals surface area contributed by atoms with Gasteiger partial charge in [0.05, 0.1) is 17.5 Å². The van der Waals surface area contributed by atoms with E-state index in [-0.39, 0.29) is 11.4 Å². The quantitative estimate of drug-likeness (QED) is 0.694. The fourth-order valence-electron chi connectivity index (χ4n) is 2.51. The standard InChI is InChI=1S/C14H11FN2O2S/c15-10-5-9-12(6-8(10)14(19)17-20)16-11-4-2-1-3-7(11)13(9)18/h1-6,9,12,16,20H,(H,17,19). The van der Waals surface area contributed by atoms with Crippen molar-refractivity contribution in [3.05, 3.63) is 53.4 Å². The Morgan fingerprint density at radius 2 is 2.05 bits per heavy atom. The molecule has 0 fully saturated rings. The molecule has 0 radical (unpaired) electrons. The van der Waals surface area contributed by atoms with Crippen LogP contribution in [0.1, 0.15) is 10.4 Å². The van der Waals surface area contributed by atoms with Crippen molar-refractivity contribution in [2.45, 2.75) is 6.04 Å². The number of thiol groups is 1. The van der Waals surface area contributed by atoms with Gasteiger partial charge in [-0.25, -0.2) is 4.39 Å². The molecule has 4 nitrogen and oxygen atoms in total. The zero-order valence-corrected chi connectivity index (χ0v) is 11.2. The van der Waals surface area contributed by atoms with Crippen LogP contribution in [0.15, 0.2) is 47.8 Å². The molecule has 2 aliphatic rings. The van der Waals surface area contributed by atoms with Crippen molar-refractivity contribution in [3.63, 3.8) is 0 Å². The van der Waals surface area contributed by atoms with Gasteiger partial charge in [0.2, 0.25) is 0 Å². The van der Waals surface area contributed by atoms with Crippen LogP contribution in [0.3, 0.4) is 0 Å². The summed E-state index contributed by atoms with van der Waals surface area (Å²) in [5, 5.41) is 3.15. The summed E-state index contributed by atoms with van der Waals surface area (Å²) in [6, 6.07) is 6.62. The minimum absolute atomic E-state index is 0.110. The third-order valence-electron chi connectivity index (χ3n) is 3.48. The lowest BCUT2D eigenvalue weighted by Crippen LogP contribution is -2.40. The van der Waals surface area contributed by atoms with Crippen LogP contribution in [0.5, 0.6) is 0 Å². The SMILES string of the molecule is O=C(NS)C1=CC2Nc3ccccc3C(=O)C2C=C1F. The van der Waals surface area contributed by atoms with Gasteiger partial charge in [-0.3, -0.25) is 14.3 Å².